The number of fused-ring (bicyclic) bond motifs is 5. The van der Waals surface area contributed by atoms with E-state index in [0.29, 0.717) is 11.8 Å². The fourth-order valence-electron chi connectivity index (χ4n) is 8.17. The molecule has 4 rings (SSSR count). The lowest BCUT2D eigenvalue weighted by molar-refractivity contribution is -0.150. The Balaban J connectivity index is 1.56. The second-order valence-electron chi connectivity index (χ2n) is 10.8. The summed E-state index contributed by atoms with van der Waals surface area (Å²) in [7, 11) is 1.52. The van der Waals surface area contributed by atoms with E-state index in [-0.39, 0.29) is 34.8 Å². The Kier molecular flexibility index (Phi) is 5.36. The summed E-state index contributed by atoms with van der Waals surface area (Å²) in [4.78, 5) is 23.7. The van der Waals surface area contributed by atoms with Crippen LogP contribution in [-0.4, -0.2) is 25.2 Å². The van der Waals surface area contributed by atoms with Gasteiger partial charge < -0.3 is 9.47 Å². The molecule has 4 aliphatic carbocycles. The average Bonchev–Trinajstić information content (AvgIpc) is 3.03. The molecule has 0 N–H and O–H groups in total. The van der Waals surface area contributed by atoms with Crippen LogP contribution in [0.2, 0.25) is 0 Å². The van der Waals surface area contributed by atoms with Gasteiger partial charge in [0.25, 0.3) is 0 Å². The van der Waals surface area contributed by atoms with Gasteiger partial charge in [-0.05, 0) is 79.4 Å². The molecular formula is C25H38O4. The molecule has 0 spiro atoms. The van der Waals surface area contributed by atoms with Gasteiger partial charge in [0.15, 0.2) is 0 Å². The minimum absolute atomic E-state index is 0.00370. The fraction of sp³-hybridized carbons (Fsp3) is 0.840. The van der Waals surface area contributed by atoms with Gasteiger partial charge in [-0.25, -0.2) is 0 Å². The van der Waals surface area contributed by atoms with Crippen LogP contribution in [0.4, 0.5) is 0 Å². The van der Waals surface area contributed by atoms with Gasteiger partial charge in [-0.15, -0.1) is 0 Å². The van der Waals surface area contributed by atoms with Crippen LogP contribution in [0.15, 0.2) is 11.6 Å². The van der Waals surface area contributed by atoms with Gasteiger partial charge in [0.05, 0.1) is 13.0 Å². The zero-order valence-electron chi connectivity index (χ0n) is 18.8. The highest BCUT2D eigenvalue weighted by atomic mass is 16.5. The minimum atomic E-state index is -0.155. The van der Waals surface area contributed by atoms with Crippen LogP contribution >= 0.6 is 0 Å². The lowest BCUT2D eigenvalue weighted by Gasteiger charge is -2.58. The van der Waals surface area contributed by atoms with E-state index in [1.807, 2.05) is 0 Å². The second-order valence-corrected chi connectivity index (χ2v) is 10.8. The van der Waals surface area contributed by atoms with Crippen molar-refractivity contribution in [1.29, 1.82) is 0 Å². The predicted molar refractivity (Wildman–Crippen MR) is 112 cm³/mol. The number of ether oxygens (including phenoxy) is 2. The Bertz CT molecular complexity index is 712. The summed E-state index contributed by atoms with van der Waals surface area (Å²) in [6, 6.07) is 0. The van der Waals surface area contributed by atoms with Crippen molar-refractivity contribution in [2.24, 2.45) is 40.4 Å². The minimum Gasteiger partial charge on any atom is -0.469 e. The molecule has 29 heavy (non-hydrogen) atoms. The van der Waals surface area contributed by atoms with E-state index >= 15 is 0 Å². The molecule has 4 aliphatic rings. The predicted octanol–water partition coefficient (Wildman–Crippen LogP) is 5.31. The molecule has 3 saturated carbocycles. The lowest BCUT2D eigenvalue weighted by Crippen LogP contribution is -2.51. The Morgan fingerprint density at radius 3 is 2.55 bits per heavy atom. The first-order chi connectivity index (χ1) is 13.7. The maximum atomic E-state index is 12.3. The molecule has 3 fully saturated rings. The summed E-state index contributed by atoms with van der Waals surface area (Å²) in [6.07, 6.45) is 11.6. The molecular weight excluding hydrogens is 364 g/mol. The summed E-state index contributed by atoms with van der Waals surface area (Å²) in [5, 5.41) is 0. The molecule has 0 heterocycles. The smallest absolute Gasteiger partial charge is 0.308 e. The number of carbonyl (C=O) groups is 2. The summed E-state index contributed by atoms with van der Waals surface area (Å²) < 4.78 is 10.7. The summed E-state index contributed by atoms with van der Waals surface area (Å²) in [6.45, 7) is 8.54. The second kappa shape index (κ2) is 7.42. The van der Waals surface area contributed by atoms with Crippen molar-refractivity contribution >= 4 is 11.9 Å². The summed E-state index contributed by atoms with van der Waals surface area (Å²) in [5.74, 6) is 2.40. The van der Waals surface area contributed by atoms with Crippen molar-refractivity contribution in [3.8, 4) is 0 Å². The van der Waals surface area contributed by atoms with E-state index in [9.17, 15) is 9.59 Å². The molecule has 0 radical (unpaired) electrons. The van der Waals surface area contributed by atoms with E-state index in [0.717, 1.165) is 43.9 Å². The number of methoxy groups -OCH3 is 1. The third-order valence-corrected chi connectivity index (χ3v) is 9.64. The molecule has 162 valence electrons. The van der Waals surface area contributed by atoms with Crippen LogP contribution < -0.4 is 0 Å². The SMILES string of the molecule is COC(=O)[C@@H](C)[C@@H]1CC[C@@H]2[C@H]3CC=C4C[C@@H](OC(C)=O)CC[C@]4(C)[C@@H]3CC[C@@]21C. The maximum Gasteiger partial charge on any atom is 0.308 e. The zero-order valence-corrected chi connectivity index (χ0v) is 18.8. The van der Waals surface area contributed by atoms with Gasteiger partial charge in [-0.1, -0.05) is 32.4 Å². The van der Waals surface area contributed by atoms with Gasteiger partial charge in [-0.2, -0.15) is 0 Å². The van der Waals surface area contributed by atoms with E-state index in [2.05, 4.69) is 26.8 Å². The molecule has 0 aromatic rings. The molecule has 4 heteroatoms. The topological polar surface area (TPSA) is 52.6 Å². The lowest BCUT2D eigenvalue weighted by atomic mass is 9.47. The van der Waals surface area contributed by atoms with Crippen molar-refractivity contribution in [3.05, 3.63) is 11.6 Å². The van der Waals surface area contributed by atoms with Gasteiger partial charge >= 0.3 is 11.9 Å². The monoisotopic (exact) mass is 402 g/mol. The highest BCUT2D eigenvalue weighted by molar-refractivity contribution is 5.72. The average molecular weight is 403 g/mol. The molecule has 0 bridgehead atoms. The summed E-state index contributed by atoms with van der Waals surface area (Å²) in [5.41, 5.74) is 2.05. The van der Waals surface area contributed by atoms with Crippen molar-refractivity contribution in [3.63, 3.8) is 0 Å². The third kappa shape index (κ3) is 3.25. The van der Waals surface area contributed by atoms with E-state index in [1.165, 1.54) is 38.9 Å². The van der Waals surface area contributed by atoms with Crippen molar-refractivity contribution in [2.75, 3.05) is 7.11 Å². The first-order valence-electron chi connectivity index (χ1n) is 11.6. The van der Waals surface area contributed by atoms with Crippen molar-refractivity contribution in [1.82, 2.24) is 0 Å². The normalized spacial score (nSPS) is 44.6. The zero-order chi connectivity index (χ0) is 21.0. The van der Waals surface area contributed by atoms with Crippen LogP contribution in [0.3, 0.4) is 0 Å². The van der Waals surface area contributed by atoms with Crippen molar-refractivity contribution in [2.45, 2.75) is 85.2 Å². The molecule has 4 nitrogen and oxygen atoms in total. The highest BCUT2D eigenvalue weighted by Crippen LogP contribution is 2.67. The quantitative estimate of drug-likeness (QED) is 0.474. The number of hydrogen-bond donors (Lipinski definition) is 0. The van der Waals surface area contributed by atoms with Gasteiger partial charge in [0.1, 0.15) is 6.10 Å². The fourth-order valence-corrected chi connectivity index (χ4v) is 8.17. The number of allylic oxidation sites excluding steroid dienone is 1. The molecule has 0 aromatic carbocycles. The number of carbonyl (C=O) groups excluding carboxylic acids is 2. The Morgan fingerprint density at radius 1 is 1.10 bits per heavy atom. The molecule has 0 unspecified atom stereocenters. The van der Waals surface area contributed by atoms with E-state index in [1.54, 1.807) is 0 Å². The Labute approximate surface area is 175 Å². The number of esters is 2. The van der Waals surface area contributed by atoms with Crippen LogP contribution in [0.25, 0.3) is 0 Å². The van der Waals surface area contributed by atoms with Gasteiger partial charge in [-0.3, -0.25) is 9.59 Å². The van der Waals surface area contributed by atoms with E-state index < -0.39 is 0 Å². The van der Waals surface area contributed by atoms with E-state index in [4.69, 9.17) is 9.47 Å². The molecule has 0 aromatic heterocycles. The number of rotatable bonds is 3. The van der Waals surface area contributed by atoms with Crippen LogP contribution in [0.5, 0.6) is 0 Å². The third-order valence-electron chi connectivity index (χ3n) is 9.64. The van der Waals surface area contributed by atoms with Crippen LogP contribution in [-0.2, 0) is 19.1 Å². The Morgan fingerprint density at radius 2 is 1.86 bits per heavy atom. The first-order valence-corrected chi connectivity index (χ1v) is 11.6. The van der Waals surface area contributed by atoms with Gasteiger partial charge in [0.2, 0.25) is 0 Å². The summed E-state index contributed by atoms with van der Waals surface area (Å²) >= 11 is 0. The standard InChI is InChI=1S/C25H38O4/c1-15(23(27)28-5)20-8-9-21-19-7-6-17-14-18(29-16(2)26)10-12-24(17,3)22(19)11-13-25(20,21)4/h6,15,18-22H,7-14H2,1-5H3/t15-,18-,19+,20-,21+,22+,24-,25+/m0/s1. The van der Waals surface area contributed by atoms with Crippen LogP contribution in [0, 0.1) is 40.4 Å². The Hall–Kier alpha value is -1.32. The molecule has 0 amide bonds. The largest absolute Gasteiger partial charge is 0.469 e. The molecule has 0 aliphatic heterocycles. The first kappa shape index (κ1) is 20.9. The van der Waals surface area contributed by atoms with Crippen molar-refractivity contribution < 1.29 is 19.1 Å². The maximum absolute atomic E-state index is 12.3. The van der Waals surface area contributed by atoms with Crippen LogP contribution in [0.1, 0.15) is 79.1 Å². The van der Waals surface area contributed by atoms with Gasteiger partial charge in [0, 0.05) is 13.3 Å². The highest BCUT2D eigenvalue weighted by Gasteiger charge is 2.59. The number of hydrogen-bond acceptors (Lipinski definition) is 4. The molecule has 0 saturated heterocycles. The molecule has 8 atom stereocenters.